The molecule has 2 rings (SSSR count). The van der Waals surface area contributed by atoms with Crippen molar-refractivity contribution in [1.29, 1.82) is 0 Å². The number of hydrogen-bond donors (Lipinski definition) is 2. The molecular formula is C13H17NO4S. The third-order valence-corrected chi connectivity index (χ3v) is 4.13. The van der Waals surface area contributed by atoms with E-state index < -0.39 is 5.97 Å². The molecule has 0 saturated carbocycles. The first-order chi connectivity index (χ1) is 9.06. The second-order valence-electron chi connectivity index (χ2n) is 4.63. The van der Waals surface area contributed by atoms with E-state index in [1.54, 1.807) is 6.92 Å². The molecule has 1 aliphatic rings. The quantitative estimate of drug-likeness (QED) is 0.890. The Kier molecular flexibility index (Phi) is 4.55. The number of carboxylic acids is 1. The zero-order valence-corrected chi connectivity index (χ0v) is 11.6. The zero-order chi connectivity index (χ0) is 13.8. The van der Waals surface area contributed by atoms with Crippen molar-refractivity contribution in [1.82, 2.24) is 0 Å². The highest BCUT2D eigenvalue weighted by molar-refractivity contribution is 7.14. The number of aryl methyl sites for hydroxylation is 1. The normalized spacial score (nSPS) is 19.1. The molecule has 1 aromatic rings. The van der Waals surface area contributed by atoms with Crippen LogP contribution in [0.25, 0.3) is 0 Å². The Balaban J connectivity index is 1.92. The van der Waals surface area contributed by atoms with E-state index in [0.717, 1.165) is 30.7 Å². The molecule has 1 fully saturated rings. The number of hydrogen-bond acceptors (Lipinski definition) is 4. The largest absolute Gasteiger partial charge is 0.477 e. The van der Waals surface area contributed by atoms with Gasteiger partial charge in [0, 0.05) is 11.5 Å². The Morgan fingerprint density at radius 3 is 2.89 bits per heavy atom. The van der Waals surface area contributed by atoms with Crippen LogP contribution in [-0.4, -0.2) is 29.7 Å². The van der Waals surface area contributed by atoms with Gasteiger partial charge in [0.25, 0.3) is 0 Å². The SMILES string of the molecule is Cc1sc(C(=O)O)cc1NC(=O)C[C@@H]1CCCCO1. The van der Waals surface area contributed by atoms with Crippen LogP contribution in [0.1, 0.15) is 40.2 Å². The average Bonchev–Trinajstić information content (AvgIpc) is 2.72. The van der Waals surface area contributed by atoms with Crippen molar-refractivity contribution < 1.29 is 19.4 Å². The van der Waals surface area contributed by atoms with Crippen molar-refractivity contribution >= 4 is 28.9 Å². The van der Waals surface area contributed by atoms with Crippen LogP contribution >= 0.6 is 11.3 Å². The summed E-state index contributed by atoms with van der Waals surface area (Å²) in [6.07, 6.45) is 3.39. The van der Waals surface area contributed by atoms with Crippen LogP contribution in [-0.2, 0) is 9.53 Å². The minimum absolute atomic E-state index is 0.00774. The van der Waals surface area contributed by atoms with E-state index in [2.05, 4.69) is 5.32 Å². The molecule has 0 unspecified atom stereocenters. The van der Waals surface area contributed by atoms with Gasteiger partial charge in [-0.15, -0.1) is 11.3 Å². The van der Waals surface area contributed by atoms with Gasteiger partial charge in [-0.05, 0) is 32.3 Å². The van der Waals surface area contributed by atoms with Gasteiger partial charge in [0.05, 0.1) is 18.2 Å². The Bertz CT molecular complexity index is 477. The van der Waals surface area contributed by atoms with Gasteiger partial charge < -0.3 is 15.2 Å². The lowest BCUT2D eigenvalue weighted by Crippen LogP contribution is -2.25. The second kappa shape index (κ2) is 6.16. The van der Waals surface area contributed by atoms with Gasteiger partial charge in [0.15, 0.2) is 0 Å². The Morgan fingerprint density at radius 1 is 1.53 bits per heavy atom. The Labute approximate surface area is 115 Å². The molecule has 0 bridgehead atoms. The van der Waals surface area contributed by atoms with Crippen molar-refractivity contribution in [2.45, 2.75) is 38.7 Å². The molecular weight excluding hydrogens is 266 g/mol. The highest BCUT2D eigenvalue weighted by Crippen LogP contribution is 2.26. The molecule has 0 aliphatic carbocycles. The number of thiophene rings is 1. The highest BCUT2D eigenvalue weighted by atomic mass is 32.1. The van der Waals surface area contributed by atoms with Gasteiger partial charge in [-0.3, -0.25) is 4.79 Å². The number of amides is 1. The van der Waals surface area contributed by atoms with Crippen molar-refractivity contribution in [3.05, 3.63) is 15.8 Å². The Morgan fingerprint density at radius 2 is 2.32 bits per heavy atom. The van der Waals surface area contributed by atoms with E-state index in [1.165, 1.54) is 17.4 Å². The molecule has 1 saturated heterocycles. The van der Waals surface area contributed by atoms with Crippen molar-refractivity contribution in [2.75, 3.05) is 11.9 Å². The fourth-order valence-electron chi connectivity index (χ4n) is 2.09. The van der Waals surface area contributed by atoms with Crippen molar-refractivity contribution in [3.8, 4) is 0 Å². The molecule has 0 spiro atoms. The molecule has 1 aliphatic heterocycles. The van der Waals surface area contributed by atoms with Crippen molar-refractivity contribution in [3.63, 3.8) is 0 Å². The highest BCUT2D eigenvalue weighted by Gasteiger charge is 2.19. The monoisotopic (exact) mass is 283 g/mol. The van der Waals surface area contributed by atoms with E-state index in [9.17, 15) is 9.59 Å². The summed E-state index contributed by atoms with van der Waals surface area (Å²) in [6.45, 7) is 2.52. The summed E-state index contributed by atoms with van der Waals surface area (Å²) in [5.41, 5.74) is 0.586. The lowest BCUT2D eigenvalue weighted by Gasteiger charge is -2.21. The fraction of sp³-hybridized carbons (Fsp3) is 0.538. The molecule has 1 aromatic heterocycles. The maximum Gasteiger partial charge on any atom is 0.345 e. The van der Waals surface area contributed by atoms with Gasteiger partial charge in [-0.25, -0.2) is 4.79 Å². The van der Waals surface area contributed by atoms with Crippen LogP contribution in [0.5, 0.6) is 0 Å². The minimum Gasteiger partial charge on any atom is -0.477 e. The van der Waals surface area contributed by atoms with Crippen LogP contribution in [0.3, 0.4) is 0 Å². The van der Waals surface area contributed by atoms with Gasteiger partial charge >= 0.3 is 5.97 Å². The second-order valence-corrected chi connectivity index (χ2v) is 5.88. The Hall–Kier alpha value is -1.40. The molecule has 1 atom stereocenters. The van der Waals surface area contributed by atoms with E-state index in [4.69, 9.17) is 9.84 Å². The molecule has 19 heavy (non-hydrogen) atoms. The van der Waals surface area contributed by atoms with Gasteiger partial charge in [0.2, 0.25) is 5.91 Å². The lowest BCUT2D eigenvalue weighted by atomic mass is 10.1. The van der Waals surface area contributed by atoms with Gasteiger partial charge in [-0.2, -0.15) is 0 Å². The van der Waals surface area contributed by atoms with Crippen molar-refractivity contribution in [2.24, 2.45) is 0 Å². The van der Waals surface area contributed by atoms with Gasteiger partial charge in [-0.1, -0.05) is 0 Å². The maximum absolute atomic E-state index is 11.9. The summed E-state index contributed by atoms with van der Waals surface area (Å²) in [4.78, 5) is 23.8. The van der Waals surface area contributed by atoms with Crippen LogP contribution in [0, 0.1) is 6.92 Å². The average molecular weight is 283 g/mol. The molecule has 5 nitrogen and oxygen atoms in total. The molecule has 104 valence electrons. The predicted molar refractivity (Wildman–Crippen MR) is 72.9 cm³/mol. The fourth-order valence-corrected chi connectivity index (χ4v) is 2.90. The first-order valence-corrected chi connectivity index (χ1v) is 7.13. The zero-order valence-electron chi connectivity index (χ0n) is 10.8. The predicted octanol–water partition coefficient (Wildman–Crippen LogP) is 2.65. The smallest absolute Gasteiger partial charge is 0.345 e. The molecule has 2 heterocycles. The van der Waals surface area contributed by atoms with E-state index in [0.29, 0.717) is 12.1 Å². The van der Waals surface area contributed by atoms with Gasteiger partial charge in [0.1, 0.15) is 4.88 Å². The molecule has 0 radical (unpaired) electrons. The number of carbonyl (C=O) groups is 2. The number of aromatic carboxylic acids is 1. The maximum atomic E-state index is 11.9. The summed E-state index contributed by atoms with van der Waals surface area (Å²) in [6, 6.07) is 1.50. The standard InChI is InChI=1S/C13H17NO4S/c1-8-10(7-11(19-8)13(16)17)14-12(15)6-9-4-2-3-5-18-9/h7,9H,2-6H2,1H3,(H,14,15)(H,16,17)/t9-/m0/s1. The van der Waals surface area contributed by atoms with Crippen LogP contribution in [0.15, 0.2) is 6.07 Å². The molecule has 6 heteroatoms. The number of anilines is 1. The summed E-state index contributed by atoms with van der Waals surface area (Å²) < 4.78 is 5.51. The number of carbonyl (C=O) groups excluding carboxylic acids is 1. The molecule has 1 amide bonds. The number of nitrogens with one attached hydrogen (secondary N) is 1. The first-order valence-electron chi connectivity index (χ1n) is 6.31. The van der Waals surface area contributed by atoms with E-state index in [-0.39, 0.29) is 16.9 Å². The summed E-state index contributed by atoms with van der Waals surface area (Å²) in [5, 5.41) is 11.7. The lowest BCUT2D eigenvalue weighted by molar-refractivity contribution is -0.119. The molecule has 2 N–H and O–H groups in total. The first kappa shape index (κ1) is 14.0. The number of ether oxygens (including phenoxy) is 1. The molecule has 0 aromatic carbocycles. The summed E-state index contributed by atoms with van der Waals surface area (Å²) >= 11 is 1.17. The van der Waals surface area contributed by atoms with E-state index in [1.807, 2.05) is 0 Å². The third kappa shape index (κ3) is 3.78. The number of rotatable bonds is 4. The van der Waals surface area contributed by atoms with Crippen LogP contribution in [0.4, 0.5) is 5.69 Å². The minimum atomic E-state index is -0.968. The van der Waals surface area contributed by atoms with E-state index >= 15 is 0 Å². The van der Waals surface area contributed by atoms with Crippen LogP contribution in [0.2, 0.25) is 0 Å². The topological polar surface area (TPSA) is 75.6 Å². The third-order valence-electron chi connectivity index (χ3n) is 3.09. The summed E-state index contributed by atoms with van der Waals surface area (Å²) in [7, 11) is 0. The van der Waals surface area contributed by atoms with Crippen LogP contribution < -0.4 is 5.32 Å². The summed E-state index contributed by atoms with van der Waals surface area (Å²) in [5.74, 6) is -1.09. The number of carboxylic acid groups (broad SMARTS) is 1.